The maximum atomic E-state index is 12.8. The number of amides is 1. The Morgan fingerprint density at radius 2 is 2.31 bits per heavy atom. The molecule has 1 aromatic heterocycles. The number of aliphatic imine (C=N–C) groups is 1. The second-order valence-electron chi connectivity index (χ2n) is 6.26. The third-order valence-corrected chi connectivity index (χ3v) is 5.06. The molecule has 0 aliphatic carbocycles. The number of carbonyl (C=O) groups excluding carboxylic acids is 1. The molecule has 1 amide bonds. The van der Waals surface area contributed by atoms with E-state index < -0.39 is 0 Å². The molecule has 3 N–H and O–H groups in total. The Morgan fingerprint density at radius 3 is 2.96 bits per heavy atom. The van der Waals surface area contributed by atoms with Gasteiger partial charge in [0.05, 0.1) is 22.0 Å². The highest BCUT2D eigenvalue weighted by atomic mass is 32.1. The Morgan fingerprint density at radius 1 is 1.50 bits per heavy atom. The zero-order valence-electron chi connectivity index (χ0n) is 15.2. The van der Waals surface area contributed by atoms with Crippen molar-refractivity contribution in [2.45, 2.75) is 26.7 Å². The summed E-state index contributed by atoms with van der Waals surface area (Å²) in [5.41, 5.74) is 7.42. The predicted molar refractivity (Wildman–Crippen MR) is 105 cm³/mol. The quantitative estimate of drug-likeness (QED) is 0.614. The maximum absolute atomic E-state index is 12.8. The molecule has 6 nitrogen and oxygen atoms in total. The van der Waals surface area contributed by atoms with Crippen molar-refractivity contribution >= 4 is 34.8 Å². The van der Waals surface area contributed by atoms with Crippen LogP contribution in [0.2, 0.25) is 0 Å². The summed E-state index contributed by atoms with van der Waals surface area (Å²) in [5, 5.41) is 4.63. The van der Waals surface area contributed by atoms with Gasteiger partial charge in [-0.2, -0.15) is 0 Å². The van der Waals surface area contributed by atoms with Gasteiger partial charge in [0.2, 0.25) is 0 Å². The number of fused-ring (bicyclic) bond motifs is 1. The zero-order chi connectivity index (χ0) is 18.5. The van der Waals surface area contributed by atoms with Gasteiger partial charge < -0.3 is 11.1 Å². The van der Waals surface area contributed by atoms with Crippen molar-refractivity contribution in [1.82, 2.24) is 10.4 Å². The molecule has 1 aromatic rings. The summed E-state index contributed by atoms with van der Waals surface area (Å²) in [6.07, 6.45) is 3.02. The first-order chi connectivity index (χ1) is 12.6. The predicted octanol–water partition coefficient (Wildman–Crippen LogP) is 2.28. The van der Waals surface area contributed by atoms with Crippen LogP contribution in [0.5, 0.6) is 0 Å². The fourth-order valence-electron chi connectivity index (χ4n) is 2.69. The number of hydrogen-bond donors (Lipinski definition) is 2. The number of hydrogen-bond acceptors (Lipinski definition) is 6. The lowest BCUT2D eigenvalue weighted by Gasteiger charge is -2.21. The van der Waals surface area contributed by atoms with Crippen LogP contribution in [0.25, 0.3) is 6.08 Å². The molecule has 3 heterocycles. The van der Waals surface area contributed by atoms with Crippen molar-refractivity contribution in [2.75, 3.05) is 26.2 Å². The van der Waals surface area contributed by atoms with E-state index in [9.17, 15) is 4.79 Å². The number of nitrogens with two attached hydrogens (primary N) is 1. The molecule has 1 saturated heterocycles. The number of carbonyl (C=O) groups is 1. The summed E-state index contributed by atoms with van der Waals surface area (Å²) in [5.74, 6) is 7.17. The van der Waals surface area contributed by atoms with Crippen LogP contribution >= 0.6 is 11.3 Å². The third kappa shape index (κ3) is 4.33. The summed E-state index contributed by atoms with van der Waals surface area (Å²) >= 11 is 1.54. The van der Waals surface area contributed by atoms with E-state index in [4.69, 9.17) is 10.6 Å². The zero-order valence-corrected chi connectivity index (χ0v) is 16.0. The van der Waals surface area contributed by atoms with Gasteiger partial charge in [-0.25, -0.2) is 10.1 Å². The van der Waals surface area contributed by atoms with Crippen molar-refractivity contribution in [3.8, 4) is 11.8 Å². The van der Waals surface area contributed by atoms with Crippen molar-refractivity contribution in [3.63, 3.8) is 0 Å². The highest BCUT2D eigenvalue weighted by Crippen LogP contribution is 2.34. The van der Waals surface area contributed by atoms with E-state index in [1.165, 1.54) is 5.06 Å². The molecule has 0 unspecified atom stereocenters. The first-order valence-electron chi connectivity index (χ1n) is 8.95. The summed E-state index contributed by atoms with van der Waals surface area (Å²) < 4.78 is 0. The van der Waals surface area contributed by atoms with Gasteiger partial charge in [0.1, 0.15) is 5.84 Å². The molecular weight excluding hydrogens is 348 g/mol. The summed E-state index contributed by atoms with van der Waals surface area (Å²) in [6, 6.07) is 1.95. The largest absolute Gasteiger partial charge is 0.387 e. The molecule has 0 spiro atoms. The van der Waals surface area contributed by atoms with Crippen LogP contribution < -0.4 is 11.1 Å². The average molecular weight is 372 g/mol. The summed E-state index contributed by atoms with van der Waals surface area (Å²) in [4.78, 5) is 24.7. The monoisotopic (exact) mass is 372 g/mol. The van der Waals surface area contributed by atoms with Crippen LogP contribution in [0.4, 0.5) is 5.69 Å². The van der Waals surface area contributed by atoms with Crippen LogP contribution in [-0.2, 0) is 9.63 Å². The molecule has 0 aromatic carbocycles. The first kappa shape index (κ1) is 18.6. The standard InChI is InChI=1S/C19H24N4O2S/c1-3-7-23(25-4-2)19(24)14-8-17-16(22-18(20)9-14)10-15(26-17)6-5-13-11-21-12-13/h8,10,13,21H,3-4,7,9,11-12H2,1-2H3,(H2,20,22). The Hall–Kier alpha value is -2.14. The van der Waals surface area contributed by atoms with E-state index in [0.717, 1.165) is 35.0 Å². The fraction of sp³-hybridized carbons (Fsp3) is 0.474. The Labute approximate surface area is 158 Å². The van der Waals surface area contributed by atoms with Gasteiger partial charge in [0, 0.05) is 37.5 Å². The molecule has 0 radical (unpaired) electrons. The van der Waals surface area contributed by atoms with E-state index in [0.29, 0.717) is 36.9 Å². The van der Waals surface area contributed by atoms with Crippen LogP contribution in [0.1, 0.15) is 36.4 Å². The third-order valence-electron chi connectivity index (χ3n) is 4.07. The molecule has 7 heteroatoms. The van der Waals surface area contributed by atoms with E-state index in [1.807, 2.05) is 26.0 Å². The molecule has 26 heavy (non-hydrogen) atoms. The van der Waals surface area contributed by atoms with Crippen molar-refractivity contribution in [3.05, 3.63) is 21.4 Å². The number of hydroxylamine groups is 2. The Kier molecular flexibility index (Phi) is 6.09. The Bertz CT molecular complexity index is 790. The van der Waals surface area contributed by atoms with Crippen LogP contribution in [0, 0.1) is 17.8 Å². The van der Waals surface area contributed by atoms with Crippen LogP contribution in [0.15, 0.2) is 16.6 Å². The first-order valence-corrected chi connectivity index (χ1v) is 9.76. The van der Waals surface area contributed by atoms with Gasteiger partial charge in [-0.15, -0.1) is 11.3 Å². The number of thiophene rings is 1. The van der Waals surface area contributed by atoms with Crippen molar-refractivity contribution in [1.29, 1.82) is 0 Å². The number of amidine groups is 1. The Balaban J connectivity index is 1.86. The van der Waals surface area contributed by atoms with Gasteiger partial charge in [-0.05, 0) is 25.5 Å². The minimum Gasteiger partial charge on any atom is -0.387 e. The highest BCUT2D eigenvalue weighted by Gasteiger charge is 2.23. The van der Waals surface area contributed by atoms with E-state index in [-0.39, 0.29) is 5.91 Å². The normalized spacial score (nSPS) is 16.4. The van der Waals surface area contributed by atoms with Gasteiger partial charge >= 0.3 is 0 Å². The number of nitrogens with one attached hydrogen (secondary N) is 1. The SMILES string of the molecule is CCCN(OCC)C(=O)C1=Cc2sc(C#CC3CNC3)cc2N=C(N)C1. The van der Waals surface area contributed by atoms with Gasteiger partial charge in [0.15, 0.2) is 0 Å². The molecule has 2 aliphatic heterocycles. The molecule has 1 fully saturated rings. The lowest BCUT2D eigenvalue weighted by molar-refractivity contribution is -0.180. The average Bonchev–Trinajstić information content (AvgIpc) is 2.86. The molecule has 3 rings (SSSR count). The van der Waals surface area contributed by atoms with E-state index in [2.05, 4.69) is 22.2 Å². The van der Waals surface area contributed by atoms with E-state index >= 15 is 0 Å². The van der Waals surface area contributed by atoms with Crippen LogP contribution in [0.3, 0.4) is 0 Å². The number of nitrogens with zero attached hydrogens (tertiary/aromatic N) is 2. The molecule has 0 atom stereocenters. The maximum Gasteiger partial charge on any atom is 0.273 e. The molecule has 138 valence electrons. The number of rotatable bonds is 5. The minimum atomic E-state index is -0.152. The summed E-state index contributed by atoms with van der Waals surface area (Å²) in [7, 11) is 0. The lowest BCUT2D eigenvalue weighted by Crippen LogP contribution is -2.40. The van der Waals surface area contributed by atoms with E-state index in [1.54, 1.807) is 11.3 Å². The van der Waals surface area contributed by atoms with Gasteiger partial charge in [-0.1, -0.05) is 18.8 Å². The lowest BCUT2D eigenvalue weighted by atomic mass is 10.1. The molecule has 2 aliphatic rings. The highest BCUT2D eigenvalue weighted by molar-refractivity contribution is 7.14. The van der Waals surface area contributed by atoms with Gasteiger partial charge in [-0.3, -0.25) is 9.63 Å². The molecule has 0 bridgehead atoms. The molecular formula is C19H24N4O2S. The van der Waals surface area contributed by atoms with Crippen molar-refractivity contribution in [2.24, 2.45) is 16.6 Å². The minimum absolute atomic E-state index is 0.152. The smallest absolute Gasteiger partial charge is 0.273 e. The second-order valence-corrected chi connectivity index (χ2v) is 7.34. The van der Waals surface area contributed by atoms with Crippen LogP contribution in [-0.4, -0.2) is 43.0 Å². The van der Waals surface area contributed by atoms with Crippen molar-refractivity contribution < 1.29 is 9.63 Å². The molecule has 0 saturated carbocycles. The second kappa shape index (κ2) is 8.49. The van der Waals surface area contributed by atoms with Gasteiger partial charge in [0.25, 0.3) is 5.91 Å². The topological polar surface area (TPSA) is 80.0 Å². The fourth-order valence-corrected chi connectivity index (χ4v) is 3.62. The summed E-state index contributed by atoms with van der Waals surface area (Å²) in [6.45, 7) is 6.77.